The molecule has 1 heteroatoms. The summed E-state index contributed by atoms with van der Waals surface area (Å²) in [5, 5.41) is 5.63. The van der Waals surface area contributed by atoms with Crippen LogP contribution in [0.2, 0.25) is 0 Å². The van der Waals surface area contributed by atoms with E-state index in [1.165, 1.54) is 85.8 Å². The molecule has 0 fully saturated rings. The Morgan fingerprint density at radius 1 is 0.593 bits per heavy atom. The summed E-state index contributed by atoms with van der Waals surface area (Å²) in [6.45, 7) is 4.59. The fourth-order valence-electron chi connectivity index (χ4n) is 4.12. The molecule has 0 radical (unpaired) electrons. The van der Waals surface area contributed by atoms with Crippen molar-refractivity contribution in [3.8, 4) is 0 Å². The van der Waals surface area contributed by atoms with Gasteiger partial charge in [-0.2, -0.15) is 0 Å². The number of rotatable bonds is 10. The van der Waals surface area contributed by atoms with Crippen LogP contribution >= 0.6 is 0 Å². The molecule has 0 unspecified atom stereocenters. The zero-order valence-corrected chi connectivity index (χ0v) is 19.7. The summed E-state index contributed by atoms with van der Waals surface area (Å²) >= 11 is 0. The average Bonchev–Trinajstić information content (AvgIpc) is 2.68. The van der Waals surface area contributed by atoms with Crippen molar-refractivity contribution in [1.29, 1.82) is 0 Å². The van der Waals surface area contributed by atoms with Gasteiger partial charge in [0, 0.05) is 40.4 Å². The number of fused-ring (bicyclic) bond motifs is 2. The van der Waals surface area contributed by atoms with Gasteiger partial charge in [-0.05, 0) is 70.5 Å². The first-order chi connectivity index (χ1) is 12.8. The molecule has 0 aliphatic heterocycles. The number of benzene rings is 3. The molecule has 3 rings (SSSR count). The van der Waals surface area contributed by atoms with E-state index < -0.39 is 0 Å². The van der Waals surface area contributed by atoms with Gasteiger partial charge in [-0.3, -0.25) is 0 Å². The van der Waals surface area contributed by atoms with Gasteiger partial charge in [-0.15, -0.1) is 0 Å². The van der Waals surface area contributed by atoms with Gasteiger partial charge in [0.05, 0.1) is 0 Å². The standard InChI is InChI=1S/C26H34.Sm/c1-3-5-7-9-13-21-17-18-24-19-22-14-11-12-15-23(22)20-26(24)25(21)16-10-8-6-4-2;/h11-12,14-15,17-20H,3-10,13,16H2,1-2H3;. The molecule has 27 heavy (non-hydrogen) atoms. The maximum absolute atomic E-state index is 2.44. The Bertz CT molecular complexity index is 834. The topological polar surface area (TPSA) is 0 Å². The first-order valence-electron chi connectivity index (χ1n) is 10.8. The van der Waals surface area contributed by atoms with Gasteiger partial charge in [-0.25, -0.2) is 0 Å². The molecule has 0 saturated heterocycles. The van der Waals surface area contributed by atoms with Gasteiger partial charge < -0.3 is 0 Å². The third kappa shape index (κ3) is 6.25. The Hall–Kier alpha value is -0.482. The molecule has 0 aromatic heterocycles. The van der Waals surface area contributed by atoms with Gasteiger partial charge in [0.2, 0.25) is 0 Å². The summed E-state index contributed by atoms with van der Waals surface area (Å²) in [7, 11) is 0. The average molecular weight is 497 g/mol. The minimum Gasteiger partial charge on any atom is -0.0654 e. The molecule has 0 nitrogen and oxygen atoms in total. The van der Waals surface area contributed by atoms with Gasteiger partial charge in [-0.1, -0.05) is 88.8 Å². The van der Waals surface area contributed by atoms with Crippen LogP contribution in [0.1, 0.15) is 76.3 Å². The number of aryl methyl sites for hydroxylation is 2. The minimum atomic E-state index is 0. The van der Waals surface area contributed by atoms with Crippen LogP contribution in [-0.2, 0) is 12.8 Å². The fourth-order valence-corrected chi connectivity index (χ4v) is 4.12. The molecular weight excluding hydrogens is 463 g/mol. The predicted octanol–water partition coefficient (Wildman–Crippen LogP) is 8.24. The molecular formula is C26H34Sm. The van der Waals surface area contributed by atoms with Crippen LogP contribution in [0.25, 0.3) is 21.5 Å². The van der Waals surface area contributed by atoms with Crippen LogP contribution in [0.5, 0.6) is 0 Å². The first kappa shape index (κ1) is 22.8. The zero-order valence-electron chi connectivity index (χ0n) is 17.1. The Morgan fingerprint density at radius 3 is 1.89 bits per heavy atom. The van der Waals surface area contributed by atoms with E-state index in [1.54, 1.807) is 11.1 Å². The smallest absolute Gasteiger partial charge is 0 e. The second-order valence-corrected chi connectivity index (χ2v) is 7.75. The summed E-state index contributed by atoms with van der Waals surface area (Å²) in [4.78, 5) is 0. The molecule has 3 aromatic carbocycles. The normalized spacial score (nSPS) is 11.0. The van der Waals surface area contributed by atoms with Gasteiger partial charge >= 0.3 is 0 Å². The van der Waals surface area contributed by atoms with Gasteiger partial charge in [0.25, 0.3) is 0 Å². The van der Waals surface area contributed by atoms with E-state index in [0.717, 1.165) is 0 Å². The van der Waals surface area contributed by atoms with Gasteiger partial charge in [0.15, 0.2) is 0 Å². The van der Waals surface area contributed by atoms with E-state index >= 15 is 0 Å². The van der Waals surface area contributed by atoms with E-state index in [2.05, 4.69) is 62.4 Å². The molecule has 0 atom stereocenters. The fraction of sp³-hybridized carbons (Fsp3) is 0.462. The minimum absolute atomic E-state index is 0. The van der Waals surface area contributed by atoms with Crippen molar-refractivity contribution in [3.63, 3.8) is 0 Å². The molecule has 0 N–H and O–H groups in total. The number of hydrogen-bond donors (Lipinski definition) is 0. The van der Waals surface area contributed by atoms with E-state index in [9.17, 15) is 0 Å². The van der Waals surface area contributed by atoms with Crippen LogP contribution in [0.3, 0.4) is 0 Å². The second kappa shape index (κ2) is 12.2. The molecule has 0 aliphatic rings. The predicted molar refractivity (Wildman–Crippen MR) is 117 cm³/mol. The van der Waals surface area contributed by atoms with Crippen molar-refractivity contribution in [2.24, 2.45) is 0 Å². The number of unbranched alkanes of at least 4 members (excludes halogenated alkanes) is 6. The van der Waals surface area contributed by atoms with Crippen LogP contribution in [0, 0.1) is 40.4 Å². The van der Waals surface area contributed by atoms with Crippen LogP contribution < -0.4 is 0 Å². The monoisotopic (exact) mass is 498 g/mol. The van der Waals surface area contributed by atoms with Crippen molar-refractivity contribution < 1.29 is 40.4 Å². The van der Waals surface area contributed by atoms with Crippen LogP contribution in [0.4, 0.5) is 0 Å². The van der Waals surface area contributed by atoms with Crippen molar-refractivity contribution in [2.45, 2.75) is 78.1 Å². The summed E-state index contributed by atoms with van der Waals surface area (Å²) in [5.41, 5.74) is 3.22. The summed E-state index contributed by atoms with van der Waals surface area (Å²) in [5.74, 6) is 0. The molecule has 0 saturated carbocycles. The van der Waals surface area contributed by atoms with E-state index in [0.29, 0.717) is 0 Å². The Balaban J connectivity index is 0.00000261. The molecule has 0 amide bonds. The third-order valence-corrected chi connectivity index (χ3v) is 5.67. The Morgan fingerprint density at radius 2 is 1.22 bits per heavy atom. The van der Waals surface area contributed by atoms with Crippen molar-refractivity contribution in [3.05, 3.63) is 59.7 Å². The molecule has 0 bridgehead atoms. The summed E-state index contributed by atoms with van der Waals surface area (Å²) in [6.07, 6.45) is 13.2. The van der Waals surface area contributed by atoms with Crippen LogP contribution in [-0.4, -0.2) is 0 Å². The maximum atomic E-state index is 2.44. The van der Waals surface area contributed by atoms with Gasteiger partial charge in [0.1, 0.15) is 0 Å². The second-order valence-electron chi connectivity index (χ2n) is 7.75. The largest absolute Gasteiger partial charge is 0.0654 e. The van der Waals surface area contributed by atoms with E-state index in [1.807, 2.05) is 0 Å². The molecule has 0 heterocycles. The quantitative estimate of drug-likeness (QED) is 0.196. The Kier molecular flexibility index (Phi) is 10.3. The molecule has 0 aliphatic carbocycles. The number of hydrogen-bond acceptors (Lipinski definition) is 0. The third-order valence-electron chi connectivity index (χ3n) is 5.67. The van der Waals surface area contributed by atoms with Crippen LogP contribution in [0.15, 0.2) is 48.5 Å². The SMILES string of the molecule is CCCCCCc1ccc2cc3ccccc3cc2c1CCCCCC.[Sm]. The van der Waals surface area contributed by atoms with Crippen molar-refractivity contribution in [2.75, 3.05) is 0 Å². The first-order valence-corrected chi connectivity index (χ1v) is 10.8. The van der Waals surface area contributed by atoms with Crippen molar-refractivity contribution >= 4 is 21.5 Å². The maximum Gasteiger partial charge on any atom is 0 e. The molecule has 144 valence electrons. The summed E-state index contributed by atoms with van der Waals surface area (Å²) < 4.78 is 0. The molecule has 0 spiro atoms. The van der Waals surface area contributed by atoms with E-state index in [-0.39, 0.29) is 40.4 Å². The van der Waals surface area contributed by atoms with Crippen molar-refractivity contribution in [1.82, 2.24) is 0 Å². The summed E-state index contributed by atoms with van der Waals surface area (Å²) in [6, 6.07) is 18.4. The van der Waals surface area contributed by atoms with E-state index in [4.69, 9.17) is 0 Å². The Labute approximate surface area is 198 Å². The zero-order chi connectivity index (χ0) is 18.2. The molecule has 3 aromatic rings.